The smallest absolute Gasteiger partial charge is 0.226 e. The quantitative estimate of drug-likeness (QED) is 0.736. The van der Waals surface area contributed by atoms with Gasteiger partial charge >= 0.3 is 0 Å². The molecule has 0 saturated carbocycles. The number of aryl methyl sites for hydroxylation is 1. The highest BCUT2D eigenvalue weighted by Gasteiger charge is 2.08. The lowest BCUT2D eigenvalue weighted by Gasteiger charge is -2.19. The van der Waals surface area contributed by atoms with E-state index in [-0.39, 0.29) is 6.61 Å². The van der Waals surface area contributed by atoms with E-state index in [0.717, 1.165) is 11.3 Å². The minimum atomic E-state index is -0.0327. The predicted molar refractivity (Wildman–Crippen MR) is 65.3 cm³/mol. The minimum Gasteiger partial charge on any atom is -0.392 e. The summed E-state index contributed by atoms with van der Waals surface area (Å²) in [5.74, 6) is 0.634. The zero-order valence-corrected chi connectivity index (χ0v) is 9.56. The Labute approximate surface area is 96.0 Å². The zero-order chi connectivity index (χ0) is 12.0. The van der Waals surface area contributed by atoms with Gasteiger partial charge in [0.05, 0.1) is 6.61 Å². The fraction of sp³-hybridized carbons (Fsp3) is 0.333. The molecule has 0 radical (unpaired) electrons. The van der Waals surface area contributed by atoms with Gasteiger partial charge in [0, 0.05) is 30.5 Å². The molecule has 0 aliphatic carbocycles. The molecule has 0 spiro atoms. The summed E-state index contributed by atoms with van der Waals surface area (Å²) in [6.45, 7) is 10.6. The zero-order valence-electron chi connectivity index (χ0n) is 9.56. The SMILES string of the molecule is C=CCN(CC=C)c1ncc(CO)c(C)n1. The van der Waals surface area contributed by atoms with Gasteiger partial charge < -0.3 is 10.0 Å². The first-order chi connectivity index (χ1) is 7.72. The number of hydrogen-bond acceptors (Lipinski definition) is 4. The average molecular weight is 219 g/mol. The summed E-state index contributed by atoms with van der Waals surface area (Å²) in [6.07, 6.45) is 5.24. The van der Waals surface area contributed by atoms with E-state index >= 15 is 0 Å². The summed E-state index contributed by atoms with van der Waals surface area (Å²) in [6, 6.07) is 0. The molecule has 0 aliphatic heterocycles. The number of nitrogens with zero attached hydrogens (tertiary/aromatic N) is 3. The molecule has 0 aromatic carbocycles. The first-order valence-corrected chi connectivity index (χ1v) is 5.13. The monoisotopic (exact) mass is 219 g/mol. The second kappa shape index (κ2) is 6.02. The Morgan fingerprint density at radius 1 is 1.38 bits per heavy atom. The molecule has 86 valence electrons. The molecule has 0 aliphatic rings. The van der Waals surface area contributed by atoms with Crippen molar-refractivity contribution < 1.29 is 5.11 Å². The summed E-state index contributed by atoms with van der Waals surface area (Å²) in [5, 5.41) is 9.03. The van der Waals surface area contributed by atoms with Gasteiger partial charge in [-0.1, -0.05) is 12.2 Å². The number of hydrogen-bond donors (Lipinski definition) is 1. The molecule has 1 heterocycles. The Morgan fingerprint density at radius 2 is 2.00 bits per heavy atom. The standard InChI is InChI=1S/C12H17N3O/c1-4-6-15(7-5-2)12-13-8-11(9-16)10(3)14-12/h4-5,8,16H,1-2,6-7,9H2,3H3. The summed E-state index contributed by atoms with van der Waals surface area (Å²) < 4.78 is 0. The summed E-state index contributed by atoms with van der Waals surface area (Å²) in [4.78, 5) is 10.5. The normalized spacial score (nSPS) is 9.88. The van der Waals surface area contributed by atoms with Crippen molar-refractivity contribution in [3.8, 4) is 0 Å². The Morgan fingerprint density at radius 3 is 2.44 bits per heavy atom. The van der Waals surface area contributed by atoms with Gasteiger partial charge in [-0.3, -0.25) is 0 Å². The van der Waals surface area contributed by atoms with Gasteiger partial charge in [0.25, 0.3) is 0 Å². The van der Waals surface area contributed by atoms with Crippen LogP contribution in [0.25, 0.3) is 0 Å². The van der Waals surface area contributed by atoms with Crippen LogP contribution >= 0.6 is 0 Å². The maximum Gasteiger partial charge on any atom is 0.226 e. The first-order valence-electron chi connectivity index (χ1n) is 5.13. The van der Waals surface area contributed by atoms with Gasteiger partial charge in [-0.2, -0.15) is 0 Å². The maximum atomic E-state index is 9.03. The van der Waals surface area contributed by atoms with Crippen molar-refractivity contribution in [3.63, 3.8) is 0 Å². The van der Waals surface area contributed by atoms with Crippen LogP contribution in [0.1, 0.15) is 11.3 Å². The third-order valence-electron chi connectivity index (χ3n) is 2.22. The lowest BCUT2D eigenvalue weighted by molar-refractivity contribution is 0.280. The van der Waals surface area contributed by atoms with Crippen LogP contribution in [0.3, 0.4) is 0 Å². The summed E-state index contributed by atoms with van der Waals surface area (Å²) in [5.41, 5.74) is 1.55. The number of anilines is 1. The molecule has 1 rings (SSSR count). The van der Waals surface area contributed by atoms with Crippen LogP contribution in [0.15, 0.2) is 31.5 Å². The number of aliphatic hydroxyl groups is 1. The second-order valence-electron chi connectivity index (χ2n) is 3.42. The number of aromatic nitrogens is 2. The van der Waals surface area contributed by atoms with Crippen LogP contribution in [-0.2, 0) is 6.61 Å². The summed E-state index contributed by atoms with van der Waals surface area (Å²) >= 11 is 0. The van der Waals surface area contributed by atoms with Crippen LogP contribution < -0.4 is 4.90 Å². The van der Waals surface area contributed by atoms with E-state index in [4.69, 9.17) is 5.11 Å². The molecule has 1 N–H and O–H groups in total. The molecule has 4 heteroatoms. The van der Waals surface area contributed by atoms with Gasteiger partial charge in [0.2, 0.25) is 5.95 Å². The lowest BCUT2D eigenvalue weighted by atomic mass is 10.2. The Hall–Kier alpha value is -1.68. The highest BCUT2D eigenvalue weighted by Crippen LogP contribution is 2.11. The molecule has 16 heavy (non-hydrogen) atoms. The predicted octanol–water partition coefficient (Wildman–Crippen LogP) is 1.46. The molecule has 0 fully saturated rings. The maximum absolute atomic E-state index is 9.03. The molecule has 1 aromatic heterocycles. The Balaban J connectivity index is 2.95. The topological polar surface area (TPSA) is 49.2 Å². The summed E-state index contributed by atoms with van der Waals surface area (Å²) in [7, 11) is 0. The Kier molecular flexibility index (Phi) is 4.66. The molecular weight excluding hydrogens is 202 g/mol. The van der Waals surface area contributed by atoms with E-state index in [9.17, 15) is 0 Å². The van der Waals surface area contributed by atoms with Crippen LogP contribution in [0.2, 0.25) is 0 Å². The highest BCUT2D eigenvalue weighted by atomic mass is 16.3. The molecule has 0 bridgehead atoms. The van der Waals surface area contributed by atoms with Gasteiger partial charge in [-0.25, -0.2) is 9.97 Å². The molecule has 1 aromatic rings. The second-order valence-corrected chi connectivity index (χ2v) is 3.42. The van der Waals surface area contributed by atoms with Crippen molar-refractivity contribution in [2.75, 3.05) is 18.0 Å². The van der Waals surface area contributed by atoms with Crippen molar-refractivity contribution in [1.29, 1.82) is 0 Å². The fourth-order valence-electron chi connectivity index (χ4n) is 1.34. The van der Waals surface area contributed by atoms with E-state index in [0.29, 0.717) is 19.0 Å². The van der Waals surface area contributed by atoms with Crippen molar-refractivity contribution >= 4 is 5.95 Å². The third-order valence-corrected chi connectivity index (χ3v) is 2.22. The number of aliphatic hydroxyl groups excluding tert-OH is 1. The van der Waals surface area contributed by atoms with Crippen molar-refractivity contribution in [1.82, 2.24) is 9.97 Å². The van der Waals surface area contributed by atoms with Crippen LogP contribution in [-0.4, -0.2) is 28.2 Å². The molecule has 0 atom stereocenters. The van der Waals surface area contributed by atoms with Gasteiger partial charge in [0.1, 0.15) is 0 Å². The van der Waals surface area contributed by atoms with Crippen molar-refractivity contribution in [2.24, 2.45) is 0 Å². The molecule has 0 unspecified atom stereocenters. The van der Waals surface area contributed by atoms with Crippen molar-refractivity contribution in [2.45, 2.75) is 13.5 Å². The fourth-order valence-corrected chi connectivity index (χ4v) is 1.34. The van der Waals surface area contributed by atoms with Gasteiger partial charge in [-0.05, 0) is 6.92 Å². The van der Waals surface area contributed by atoms with E-state index < -0.39 is 0 Å². The minimum absolute atomic E-state index is 0.0327. The molecule has 4 nitrogen and oxygen atoms in total. The van der Waals surface area contributed by atoms with Gasteiger partial charge in [0.15, 0.2) is 0 Å². The van der Waals surface area contributed by atoms with E-state index in [1.807, 2.05) is 11.8 Å². The van der Waals surface area contributed by atoms with Crippen LogP contribution in [0, 0.1) is 6.92 Å². The number of rotatable bonds is 6. The lowest BCUT2D eigenvalue weighted by Crippen LogP contribution is -2.25. The highest BCUT2D eigenvalue weighted by molar-refractivity contribution is 5.34. The van der Waals surface area contributed by atoms with Gasteiger partial charge in [-0.15, -0.1) is 13.2 Å². The largest absolute Gasteiger partial charge is 0.392 e. The third kappa shape index (κ3) is 2.90. The molecular formula is C12H17N3O. The molecule has 0 amide bonds. The van der Waals surface area contributed by atoms with Crippen molar-refractivity contribution in [3.05, 3.63) is 42.8 Å². The first kappa shape index (κ1) is 12.4. The molecule has 0 saturated heterocycles. The van der Waals surface area contributed by atoms with Crippen LogP contribution in [0.4, 0.5) is 5.95 Å². The van der Waals surface area contributed by atoms with E-state index in [1.165, 1.54) is 0 Å². The Bertz CT molecular complexity index is 367. The van der Waals surface area contributed by atoms with Crippen LogP contribution in [0.5, 0.6) is 0 Å². The average Bonchev–Trinajstić information content (AvgIpc) is 2.28. The van der Waals surface area contributed by atoms with E-state index in [2.05, 4.69) is 23.1 Å². The van der Waals surface area contributed by atoms with E-state index in [1.54, 1.807) is 18.3 Å².